The monoisotopic (exact) mass is 1950 g/mol. The number of benzene rings is 2. The first-order valence-electron chi connectivity index (χ1n) is 58.5. The minimum absolute atomic E-state index is 0.0419. The van der Waals surface area contributed by atoms with Crippen LogP contribution in [-0.4, -0.2) is 239 Å². The van der Waals surface area contributed by atoms with Crippen molar-refractivity contribution in [2.24, 2.45) is 65.1 Å². The van der Waals surface area contributed by atoms with Crippen molar-refractivity contribution in [2.75, 3.05) is 221 Å². The standard InChI is InChI=1S/C12H18N2.C11H15ClN2.2C10H23N.C9H17N.C8H15NO2.2C8H19N.2C7H15N.C6H11N.C6H13N.C6H15N.C5H11N.C4H11N/c1-10-4-3-5-11(2)12(10)14-8-6-13-7-9-14;12-11-3-1-10(2-4-11)9-14-7-5-13-6-8-14;1-9(2)5-7-11-8-6-10(3)4;1-3-5-7-9-11-10-8-6-4-2;1-2-4-9-7-10-6-5-8(9)3-1;1-2-11-8(10)7-4-3-5-9-6-7;1-7(2)5-9-6-8(3)4;1-3-5-7-9-8-6-4-2;1-6-3-7(2)5-8-4-6;1-2-5-8-6-7-3-4-7;1-2-6-4-3-5(1)7-6;1-6-2-4-7-5-3-6;1-3-5-7-6-4-2;1-2-4-6-5-3-1;1-3-5-4-2/h3-5,13H,6-9H2,1-2H3;1-4,13H,5-9H2;9-11H,5-8H2,1-4H3;11H,3-10H2,1-2H3;8-10H,1-7H2;7,9H,2-6H2,1H3;7-9H,5-6H2,1-4H3;9H,3-8H2,1-2H3;6-8H,3-5H2,1-2H3;7-8H,2-6H2,1H3;5-7H,1-4H2;6-7H,2-5H2,1H3;7H,3-6H2,1-2H3;6H,1-5H2;5H,3-4H2,1-2H3. The van der Waals surface area contributed by atoms with Crippen molar-refractivity contribution in [3.63, 3.8) is 0 Å². The van der Waals surface area contributed by atoms with E-state index >= 15 is 0 Å². The maximum absolute atomic E-state index is 11.1. The van der Waals surface area contributed by atoms with E-state index < -0.39 is 0 Å². The molecule has 19 nitrogen and oxygen atoms in total. The number of fused-ring (bicyclic) bond motifs is 3. The second kappa shape index (κ2) is 102. The topological polar surface area (TPSA) is 213 Å². The van der Waals surface area contributed by atoms with Crippen LogP contribution in [0.4, 0.5) is 5.69 Å². The SMILES string of the molecule is C1CC2CCC1N2.C1CCC2CNCCC2C1.C1CCNCC1.CC(C)CCNCCC(C)C.CC(C)CNCC(C)C.CC1CCNCC1.CC1CNCC(C)C1.CCCCCNCCCCC.CCCCNCCCC.CCCNCC1CC1.CCCNCCC.CCNCC.CCOC(=O)C1CCCNC1.Cc1cccc(C)c1N1CCNCC1.Clc1ccc(CN2CCNCC2)cc1. The summed E-state index contributed by atoms with van der Waals surface area (Å²) in [5, 5.41) is 51.2. The van der Waals surface area contributed by atoms with E-state index in [2.05, 4.69) is 272 Å². The van der Waals surface area contributed by atoms with Gasteiger partial charge in [0.1, 0.15) is 0 Å². The summed E-state index contributed by atoms with van der Waals surface area (Å²) in [6, 6.07) is 16.5. The maximum atomic E-state index is 11.1. The Labute approximate surface area is 858 Å². The van der Waals surface area contributed by atoms with Gasteiger partial charge in [-0.15, -0.1) is 0 Å². The van der Waals surface area contributed by atoms with Gasteiger partial charge >= 0.3 is 5.97 Å². The van der Waals surface area contributed by atoms with Crippen molar-refractivity contribution in [2.45, 2.75) is 396 Å². The third kappa shape index (κ3) is 91.8. The molecule has 9 saturated heterocycles. The normalized spacial score (nSPS) is 20.8. The number of rotatable bonds is 39. The number of ether oxygens (including phenoxy) is 1. The zero-order valence-corrected chi connectivity index (χ0v) is 96.0. The van der Waals surface area contributed by atoms with Gasteiger partial charge in [0.2, 0.25) is 0 Å². The van der Waals surface area contributed by atoms with E-state index in [-0.39, 0.29) is 11.9 Å². The molecule has 2 saturated carbocycles. The second-order valence-corrected chi connectivity index (χ2v) is 43.3. The van der Waals surface area contributed by atoms with Crippen molar-refractivity contribution in [1.29, 1.82) is 0 Å². The molecule has 11 aliphatic rings. The molecule has 2 aromatic carbocycles. The Morgan fingerprint density at radius 2 is 0.847 bits per heavy atom. The van der Waals surface area contributed by atoms with Crippen molar-refractivity contribution >= 4 is 23.3 Å². The number of esters is 1. The number of nitrogens with one attached hydrogen (secondary N) is 15. The van der Waals surface area contributed by atoms with E-state index in [0.717, 1.165) is 187 Å². The first kappa shape index (κ1) is 136. The van der Waals surface area contributed by atoms with Gasteiger partial charge < -0.3 is 89.4 Å². The second-order valence-electron chi connectivity index (χ2n) is 42.8. The van der Waals surface area contributed by atoms with Gasteiger partial charge in [0.05, 0.1) is 12.5 Å². The van der Waals surface area contributed by atoms with Crippen LogP contribution < -0.4 is 84.7 Å². The summed E-state index contributed by atoms with van der Waals surface area (Å²) in [6.45, 7) is 89.8. The van der Waals surface area contributed by atoms with E-state index in [1.54, 1.807) is 0 Å². The highest BCUT2D eigenvalue weighted by atomic mass is 35.5. The number of piperazine rings is 2. The summed E-state index contributed by atoms with van der Waals surface area (Å²) in [6.07, 6.45) is 46.4. The van der Waals surface area contributed by atoms with Gasteiger partial charge in [0, 0.05) is 88.2 Å². The van der Waals surface area contributed by atoms with Gasteiger partial charge in [0.25, 0.3) is 0 Å². The Balaban J connectivity index is 0. The molecule has 0 radical (unpaired) electrons. The molecule has 5 unspecified atom stereocenters. The lowest BCUT2D eigenvalue weighted by Crippen LogP contribution is -2.44. The molecule has 812 valence electrons. The number of piperidine rings is 5. The van der Waals surface area contributed by atoms with E-state index in [0.29, 0.717) is 6.61 Å². The molecule has 137 heavy (non-hydrogen) atoms. The Morgan fingerprint density at radius 3 is 1.23 bits per heavy atom. The van der Waals surface area contributed by atoms with Gasteiger partial charge in [0.15, 0.2) is 0 Å². The van der Waals surface area contributed by atoms with Gasteiger partial charge in [-0.2, -0.15) is 0 Å². The van der Waals surface area contributed by atoms with Crippen LogP contribution in [0.5, 0.6) is 0 Å². The molecular formula is C117H240ClN17O2. The van der Waals surface area contributed by atoms with E-state index in [1.165, 1.54) is 346 Å². The predicted octanol–water partition coefficient (Wildman–Crippen LogP) is 22.8. The number of anilines is 1. The summed E-state index contributed by atoms with van der Waals surface area (Å²) >= 11 is 5.83. The fourth-order valence-corrected chi connectivity index (χ4v) is 17.8. The van der Waals surface area contributed by atoms with Crippen LogP contribution in [0.3, 0.4) is 0 Å². The van der Waals surface area contributed by atoms with Crippen molar-refractivity contribution in [1.82, 2.24) is 84.7 Å². The summed E-state index contributed by atoms with van der Waals surface area (Å²) in [7, 11) is 0. The van der Waals surface area contributed by atoms with Crippen LogP contribution in [0, 0.1) is 78.9 Å². The smallest absolute Gasteiger partial charge is 0.310 e. The third-order valence-corrected chi connectivity index (χ3v) is 26.7. The van der Waals surface area contributed by atoms with Crippen LogP contribution in [0.15, 0.2) is 42.5 Å². The van der Waals surface area contributed by atoms with E-state index in [4.69, 9.17) is 16.3 Å². The molecule has 2 aliphatic carbocycles. The average Bonchev–Trinajstić information content (AvgIpc) is 1.35. The summed E-state index contributed by atoms with van der Waals surface area (Å²) in [5.41, 5.74) is 5.57. The molecule has 9 aliphatic heterocycles. The molecule has 0 amide bonds. The molecule has 5 atom stereocenters. The van der Waals surface area contributed by atoms with Crippen molar-refractivity contribution in [3.05, 3.63) is 64.2 Å². The molecule has 0 spiro atoms. The third-order valence-electron chi connectivity index (χ3n) is 26.4. The van der Waals surface area contributed by atoms with Gasteiger partial charge in [-0.05, 0) is 413 Å². The number of carbonyl (C=O) groups is 1. The van der Waals surface area contributed by atoms with Gasteiger partial charge in [-0.1, -0.05) is 245 Å². The van der Waals surface area contributed by atoms with Crippen LogP contribution in [0.1, 0.15) is 380 Å². The number of para-hydroxylation sites is 1. The highest BCUT2D eigenvalue weighted by Gasteiger charge is 2.30. The first-order valence-corrected chi connectivity index (χ1v) is 58.9. The minimum atomic E-state index is -0.0419. The predicted molar refractivity (Wildman–Crippen MR) is 611 cm³/mol. The Morgan fingerprint density at radius 1 is 0.394 bits per heavy atom. The number of carbonyl (C=O) groups excluding carboxylic acids is 1. The molecule has 11 fully saturated rings. The quantitative estimate of drug-likeness (QED) is 0.0221. The molecule has 15 N–H and O–H groups in total. The molecule has 2 bridgehead atoms. The minimum Gasteiger partial charge on any atom is -0.466 e. The van der Waals surface area contributed by atoms with Crippen LogP contribution in [0.25, 0.3) is 0 Å². The van der Waals surface area contributed by atoms with Crippen LogP contribution in [0.2, 0.25) is 5.02 Å². The Bertz CT molecular complexity index is 2600. The molecule has 9 heterocycles. The van der Waals surface area contributed by atoms with Gasteiger partial charge in [-0.25, -0.2) is 0 Å². The lowest BCUT2D eigenvalue weighted by Gasteiger charge is -2.35. The molecule has 2 aromatic rings. The maximum Gasteiger partial charge on any atom is 0.310 e. The average molecular weight is 1950 g/mol. The number of aryl methyl sites for hydroxylation is 2. The number of nitrogens with zero attached hydrogens (tertiary/aromatic N) is 2. The molecule has 20 heteroatoms. The summed E-state index contributed by atoms with van der Waals surface area (Å²) in [5.74, 6) is 9.25. The molecule has 0 aromatic heterocycles. The number of halogens is 1. The largest absolute Gasteiger partial charge is 0.466 e. The molecule has 13 rings (SSSR count). The van der Waals surface area contributed by atoms with E-state index in [1.807, 2.05) is 19.1 Å². The highest BCUT2D eigenvalue weighted by molar-refractivity contribution is 6.30. The zero-order chi connectivity index (χ0) is 101. The van der Waals surface area contributed by atoms with Crippen molar-refractivity contribution < 1.29 is 9.53 Å². The lowest BCUT2D eigenvalue weighted by molar-refractivity contribution is -0.148. The van der Waals surface area contributed by atoms with Crippen LogP contribution in [-0.2, 0) is 16.1 Å². The first-order chi connectivity index (χ1) is 66.4. The number of hydrogen-bond acceptors (Lipinski definition) is 19. The summed E-state index contributed by atoms with van der Waals surface area (Å²) in [4.78, 5) is 16.1. The number of hydrogen-bond donors (Lipinski definition) is 15. The number of unbranched alkanes of at least 4 members (excludes halogenated alkanes) is 6. The Kier molecular flexibility index (Phi) is 102. The lowest BCUT2D eigenvalue weighted by atomic mass is 9.76. The van der Waals surface area contributed by atoms with E-state index in [9.17, 15) is 4.79 Å². The van der Waals surface area contributed by atoms with Gasteiger partial charge in [-0.3, -0.25) is 9.69 Å². The van der Waals surface area contributed by atoms with Crippen LogP contribution >= 0.6 is 11.6 Å². The highest BCUT2D eigenvalue weighted by Crippen LogP contribution is 2.34. The summed E-state index contributed by atoms with van der Waals surface area (Å²) < 4.78 is 4.90. The van der Waals surface area contributed by atoms with Crippen molar-refractivity contribution in [3.8, 4) is 0 Å². The fourth-order valence-electron chi connectivity index (χ4n) is 17.6. The Hall–Kier alpha value is -2.64. The molecular weight excluding hydrogens is 1710 g/mol. The zero-order valence-electron chi connectivity index (χ0n) is 95.2. The fraction of sp³-hybridized carbons (Fsp3) is 0.889.